The van der Waals surface area contributed by atoms with Crippen LogP contribution < -0.4 is 15.5 Å². The number of rotatable bonds is 11. The van der Waals surface area contributed by atoms with Gasteiger partial charge in [-0.15, -0.1) is 0 Å². The normalized spacial score (nSPS) is 23.6. The van der Waals surface area contributed by atoms with E-state index in [9.17, 15) is 29.4 Å². The Kier molecular flexibility index (Phi) is 9.31. The molecule has 3 aliphatic heterocycles. The van der Waals surface area contributed by atoms with Gasteiger partial charge in [0.1, 0.15) is 0 Å². The Bertz CT molecular complexity index is 2300. The zero-order valence-corrected chi connectivity index (χ0v) is 32.6. The van der Waals surface area contributed by atoms with Crippen LogP contribution in [0.5, 0.6) is 0 Å². The largest absolute Gasteiger partial charge is 0.481 e. The number of fused-ring (bicyclic) bond motifs is 5. The number of aromatic nitrogens is 4. The lowest BCUT2D eigenvalue weighted by molar-refractivity contribution is -0.148. The first-order valence-electron chi connectivity index (χ1n) is 20.3. The summed E-state index contributed by atoms with van der Waals surface area (Å²) in [6.45, 7) is 5.51. The van der Waals surface area contributed by atoms with Crippen LogP contribution >= 0.6 is 0 Å². The van der Waals surface area contributed by atoms with Crippen molar-refractivity contribution in [2.75, 3.05) is 36.4 Å². The van der Waals surface area contributed by atoms with Crippen LogP contribution in [0.3, 0.4) is 0 Å². The number of carbonyl (C=O) groups excluding carboxylic acids is 2. The van der Waals surface area contributed by atoms with Gasteiger partial charge in [0.15, 0.2) is 11.5 Å². The highest BCUT2D eigenvalue weighted by Crippen LogP contribution is 2.63. The Morgan fingerprint density at radius 3 is 2.53 bits per heavy atom. The highest BCUT2D eigenvalue weighted by atomic mass is 16.4. The molecule has 4 N–H and O–H groups in total. The van der Waals surface area contributed by atoms with Crippen molar-refractivity contribution in [2.45, 2.75) is 90.3 Å². The van der Waals surface area contributed by atoms with E-state index in [1.165, 1.54) is 0 Å². The maximum absolute atomic E-state index is 13.9. The smallest absolute Gasteiger partial charge is 0.317 e. The van der Waals surface area contributed by atoms with E-state index in [0.717, 1.165) is 116 Å². The van der Waals surface area contributed by atoms with E-state index in [4.69, 9.17) is 4.98 Å². The second-order valence-electron chi connectivity index (χ2n) is 17.0. The van der Waals surface area contributed by atoms with Gasteiger partial charge < -0.3 is 25.0 Å². The van der Waals surface area contributed by atoms with Gasteiger partial charge in [0.2, 0.25) is 0 Å². The van der Waals surface area contributed by atoms with Crippen molar-refractivity contribution in [3.05, 3.63) is 82.2 Å². The second kappa shape index (κ2) is 14.2. The van der Waals surface area contributed by atoms with Gasteiger partial charge >= 0.3 is 11.9 Å². The number of nitrogens with zero attached hydrogens (tertiary/aromatic N) is 6. The van der Waals surface area contributed by atoms with Crippen molar-refractivity contribution in [3.8, 4) is 11.1 Å². The summed E-state index contributed by atoms with van der Waals surface area (Å²) in [4.78, 5) is 60.0. The molecule has 0 radical (unpaired) electrons. The Morgan fingerprint density at radius 2 is 1.75 bits per heavy atom. The fraction of sp³-hybridized carbons (Fsp3) is 0.488. The minimum atomic E-state index is -0.924. The molecule has 2 aromatic carbocycles. The SMILES string of the molecule is Cc1c(NC(=O)c2nc3c(n2C)CCN(CCC24CCC(C(=O)O)(CC2)C4)C3)cccc1-c1cccc2c1CCN2C(=O)c1cc2n(n1)CCCC2NCC(=O)O. The van der Waals surface area contributed by atoms with Gasteiger partial charge in [-0.1, -0.05) is 24.3 Å². The summed E-state index contributed by atoms with van der Waals surface area (Å²) in [5.41, 5.74) is 8.33. The van der Waals surface area contributed by atoms with Crippen LogP contribution in [0, 0.1) is 17.8 Å². The molecule has 5 aliphatic rings. The minimum Gasteiger partial charge on any atom is -0.481 e. The standard InChI is InChI=1S/C43H50N8O6/c1-26-27(28-7-4-10-34-29(28)11-20-50(34)40(55)32-22-36-31(44-23-37(52)53)9-5-18-51(36)47-32)6-3-8-30(26)46-39(54)38-45-33-24-49(19-12-35(33)48(38)2)21-17-42-13-15-43(25-42,16-14-42)41(56)57/h3-4,6-8,10,22,31,44H,5,9,11-21,23-25H2,1-2H3,(H,46,54)(H,52,53)(H,56,57). The van der Waals surface area contributed by atoms with Gasteiger partial charge in [-0.05, 0) is 117 Å². The zero-order chi connectivity index (χ0) is 39.6. The summed E-state index contributed by atoms with van der Waals surface area (Å²) in [6, 6.07) is 13.5. The molecule has 4 aromatic rings. The van der Waals surface area contributed by atoms with Crippen molar-refractivity contribution in [1.82, 2.24) is 29.5 Å². The number of benzene rings is 2. The van der Waals surface area contributed by atoms with Crippen molar-refractivity contribution >= 4 is 35.1 Å². The molecule has 2 bridgehead atoms. The molecule has 5 heterocycles. The fourth-order valence-corrected chi connectivity index (χ4v) is 10.6. The predicted molar refractivity (Wildman–Crippen MR) is 212 cm³/mol. The van der Waals surface area contributed by atoms with Gasteiger partial charge in [0, 0.05) is 62.8 Å². The number of nitrogens with one attached hydrogen (secondary N) is 2. The summed E-state index contributed by atoms with van der Waals surface area (Å²) < 4.78 is 3.75. The van der Waals surface area contributed by atoms with E-state index in [-0.39, 0.29) is 29.8 Å². The van der Waals surface area contributed by atoms with Gasteiger partial charge in [0.25, 0.3) is 11.8 Å². The topological polar surface area (TPSA) is 175 Å². The number of carboxylic acids is 2. The molecular formula is C43H50N8O6. The van der Waals surface area contributed by atoms with E-state index in [1.54, 1.807) is 11.0 Å². The Balaban J connectivity index is 0.886. The molecule has 298 valence electrons. The zero-order valence-electron chi connectivity index (χ0n) is 32.6. The highest BCUT2D eigenvalue weighted by Gasteiger charge is 2.57. The van der Waals surface area contributed by atoms with E-state index in [1.807, 2.05) is 53.6 Å². The van der Waals surface area contributed by atoms with Crippen LogP contribution in [0.2, 0.25) is 0 Å². The van der Waals surface area contributed by atoms with E-state index in [0.29, 0.717) is 43.3 Å². The molecule has 14 heteroatoms. The van der Waals surface area contributed by atoms with Crippen LogP contribution in [0.4, 0.5) is 11.4 Å². The average Bonchev–Trinajstić information content (AvgIpc) is 4.04. The third-order valence-electron chi connectivity index (χ3n) is 13.8. The second-order valence-corrected chi connectivity index (χ2v) is 17.0. The molecule has 2 aliphatic carbocycles. The lowest BCUT2D eigenvalue weighted by Crippen LogP contribution is -2.34. The molecule has 1 atom stereocenters. The van der Waals surface area contributed by atoms with Crippen molar-refractivity contribution in [1.29, 1.82) is 0 Å². The molecule has 0 spiro atoms. The predicted octanol–water partition coefficient (Wildman–Crippen LogP) is 5.34. The number of carboxylic acid groups (broad SMARTS) is 2. The van der Waals surface area contributed by atoms with Gasteiger partial charge in [-0.25, -0.2) is 4.98 Å². The van der Waals surface area contributed by atoms with Crippen LogP contribution in [-0.4, -0.2) is 84.4 Å². The van der Waals surface area contributed by atoms with Crippen LogP contribution in [-0.2, 0) is 42.6 Å². The number of aryl methyl sites for hydroxylation is 1. The number of amides is 2. The molecule has 1 unspecified atom stereocenters. The molecule has 14 nitrogen and oxygen atoms in total. The number of hydrogen-bond donors (Lipinski definition) is 4. The van der Waals surface area contributed by atoms with E-state index < -0.39 is 17.4 Å². The van der Waals surface area contributed by atoms with Crippen LogP contribution in [0.25, 0.3) is 11.1 Å². The summed E-state index contributed by atoms with van der Waals surface area (Å²) in [5, 5.41) is 29.9. The number of aliphatic carboxylic acids is 2. The molecule has 2 saturated carbocycles. The molecule has 2 fully saturated rings. The highest BCUT2D eigenvalue weighted by molar-refractivity contribution is 6.07. The molecule has 9 rings (SSSR count). The van der Waals surface area contributed by atoms with Crippen LogP contribution in [0.15, 0.2) is 42.5 Å². The number of anilines is 2. The molecule has 0 saturated heterocycles. The van der Waals surface area contributed by atoms with Gasteiger partial charge in [-0.2, -0.15) is 5.10 Å². The van der Waals surface area contributed by atoms with Gasteiger partial charge in [-0.3, -0.25) is 34.1 Å². The monoisotopic (exact) mass is 774 g/mol. The number of hydrogen-bond acceptors (Lipinski definition) is 8. The third-order valence-corrected chi connectivity index (χ3v) is 13.8. The first-order chi connectivity index (χ1) is 27.4. The summed E-state index contributed by atoms with van der Waals surface area (Å²) in [5.74, 6) is -1.62. The summed E-state index contributed by atoms with van der Waals surface area (Å²) >= 11 is 0. The van der Waals surface area contributed by atoms with Crippen molar-refractivity contribution < 1.29 is 29.4 Å². The fourth-order valence-electron chi connectivity index (χ4n) is 10.6. The molecule has 2 amide bonds. The Hall–Kier alpha value is -5.34. The van der Waals surface area contributed by atoms with Gasteiger partial charge in [0.05, 0.1) is 23.3 Å². The average molecular weight is 775 g/mol. The molecule has 57 heavy (non-hydrogen) atoms. The molecule has 2 aromatic heterocycles. The van der Waals surface area contributed by atoms with Crippen LogP contribution in [0.1, 0.15) is 107 Å². The van der Waals surface area contributed by atoms with Crippen molar-refractivity contribution in [3.63, 3.8) is 0 Å². The summed E-state index contributed by atoms with van der Waals surface area (Å²) in [6.07, 6.45) is 8.52. The molecular weight excluding hydrogens is 725 g/mol. The first-order valence-corrected chi connectivity index (χ1v) is 20.3. The number of imidazole rings is 1. The maximum Gasteiger partial charge on any atom is 0.317 e. The Labute approximate surface area is 331 Å². The lowest BCUT2D eigenvalue weighted by atomic mass is 9.80. The first kappa shape index (κ1) is 37.2. The Morgan fingerprint density at radius 1 is 0.965 bits per heavy atom. The van der Waals surface area contributed by atoms with Crippen molar-refractivity contribution in [2.24, 2.45) is 17.9 Å². The minimum absolute atomic E-state index is 0.145. The maximum atomic E-state index is 13.9. The number of carbonyl (C=O) groups is 4. The quantitative estimate of drug-likeness (QED) is 0.156. The van der Waals surface area contributed by atoms with E-state index in [2.05, 4.69) is 26.7 Å². The third kappa shape index (κ3) is 6.52. The summed E-state index contributed by atoms with van der Waals surface area (Å²) in [7, 11) is 1.91. The lowest BCUT2D eigenvalue weighted by Gasteiger charge is -2.32. The van der Waals surface area contributed by atoms with E-state index >= 15 is 0 Å².